The Morgan fingerprint density at radius 1 is 1.13 bits per heavy atom. The molecule has 0 radical (unpaired) electrons. The predicted octanol–water partition coefficient (Wildman–Crippen LogP) is 3.43. The van der Waals surface area contributed by atoms with E-state index in [0.29, 0.717) is 11.4 Å². The Hall–Kier alpha value is -2.81. The molecule has 30 heavy (non-hydrogen) atoms. The molecule has 0 aromatic heterocycles. The molecular formula is C21H24F3NO5. The number of nitrogens with one attached hydrogen (secondary N) is 1. The topological polar surface area (TPSA) is 84.9 Å². The quantitative estimate of drug-likeness (QED) is 0.677. The van der Waals surface area contributed by atoms with Crippen LogP contribution in [0.25, 0.3) is 0 Å². The summed E-state index contributed by atoms with van der Waals surface area (Å²) >= 11 is 0. The fraction of sp³-hybridized carbons (Fsp3) is 0.429. The molecule has 2 N–H and O–H groups in total. The summed E-state index contributed by atoms with van der Waals surface area (Å²) in [7, 11) is 0. The van der Waals surface area contributed by atoms with Gasteiger partial charge in [0.25, 0.3) is 0 Å². The molecule has 0 aliphatic carbocycles. The number of ether oxygens (including phenoxy) is 2. The maximum atomic E-state index is 13.3. The number of aliphatic hydroxyl groups is 1. The normalized spacial score (nSPS) is 17.2. The number of benzene rings is 1. The standard InChI is InChI=1S/C21H24F3NO5/c1-11(2)30-20(28)17-13(4)25-12(3)16(19(27)29-9-8-26)18(17)14-6-5-7-15(10-14)21(22,23)24/h5-7,10-11,18,25-26H,8-9H2,1-4H3. The van der Waals surface area contributed by atoms with Crippen molar-refractivity contribution in [3.8, 4) is 0 Å². The van der Waals surface area contributed by atoms with E-state index >= 15 is 0 Å². The van der Waals surface area contributed by atoms with Crippen molar-refractivity contribution in [2.75, 3.05) is 13.2 Å². The number of aliphatic hydroxyl groups excluding tert-OH is 1. The first-order valence-electron chi connectivity index (χ1n) is 9.32. The van der Waals surface area contributed by atoms with E-state index in [1.807, 2.05) is 0 Å². The predicted molar refractivity (Wildman–Crippen MR) is 102 cm³/mol. The van der Waals surface area contributed by atoms with Crippen LogP contribution in [0.2, 0.25) is 0 Å². The van der Waals surface area contributed by atoms with Gasteiger partial charge in [0.15, 0.2) is 0 Å². The minimum atomic E-state index is -4.60. The Kier molecular flexibility index (Phi) is 7.30. The number of carbonyl (C=O) groups is 2. The van der Waals surface area contributed by atoms with Crippen molar-refractivity contribution >= 4 is 11.9 Å². The summed E-state index contributed by atoms with van der Waals surface area (Å²) < 4.78 is 50.2. The fourth-order valence-electron chi connectivity index (χ4n) is 3.26. The molecule has 9 heteroatoms. The first kappa shape index (κ1) is 23.5. The molecule has 0 saturated heterocycles. The number of halogens is 3. The number of hydrogen-bond acceptors (Lipinski definition) is 6. The van der Waals surface area contributed by atoms with Crippen LogP contribution in [0.15, 0.2) is 46.8 Å². The summed E-state index contributed by atoms with van der Waals surface area (Å²) in [5, 5.41) is 11.9. The van der Waals surface area contributed by atoms with Gasteiger partial charge in [-0.3, -0.25) is 0 Å². The van der Waals surface area contributed by atoms with E-state index in [4.69, 9.17) is 14.6 Å². The zero-order valence-electron chi connectivity index (χ0n) is 17.1. The highest BCUT2D eigenvalue weighted by atomic mass is 19.4. The van der Waals surface area contributed by atoms with Crippen LogP contribution in [0.3, 0.4) is 0 Å². The largest absolute Gasteiger partial charge is 0.460 e. The average molecular weight is 427 g/mol. The SMILES string of the molecule is CC1=C(C(=O)OCCO)C(c2cccc(C(F)(F)F)c2)C(C(=O)OC(C)C)=C(C)N1. The molecule has 6 nitrogen and oxygen atoms in total. The minimum absolute atomic E-state index is 0.0181. The van der Waals surface area contributed by atoms with Gasteiger partial charge in [-0.1, -0.05) is 18.2 Å². The highest BCUT2D eigenvalue weighted by molar-refractivity contribution is 6.00. The first-order valence-corrected chi connectivity index (χ1v) is 9.32. The smallest absolute Gasteiger partial charge is 0.416 e. The van der Waals surface area contributed by atoms with Crippen molar-refractivity contribution in [2.45, 2.75) is 45.9 Å². The lowest BCUT2D eigenvalue weighted by Crippen LogP contribution is -2.33. The lowest BCUT2D eigenvalue weighted by molar-refractivity contribution is -0.143. The third kappa shape index (κ3) is 5.21. The van der Waals surface area contributed by atoms with Crippen LogP contribution in [-0.4, -0.2) is 36.4 Å². The third-order valence-corrected chi connectivity index (χ3v) is 4.41. The van der Waals surface area contributed by atoms with Gasteiger partial charge in [-0.2, -0.15) is 13.2 Å². The Morgan fingerprint density at radius 2 is 1.73 bits per heavy atom. The summed E-state index contributed by atoms with van der Waals surface area (Å²) in [5.74, 6) is -2.73. The molecular weight excluding hydrogens is 403 g/mol. The van der Waals surface area contributed by atoms with Gasteiger partial charge in [-0.05, 0) is 39.3 Å². The van der Waals surface area contributed by atoms with Crippen LogP contribution in [0.5, 0.6) is 0 Å². The number of allylic oxidation sites excluding steroid dienone is 2. The molecule has 0 amide bonds. The number of carbonyl (C=O) groups excluding carboxylic acids is 2. The van der Waals surface area contributed by atoms with Crippen LogP contribution in [0.1, 0.15) is 44.7 Å². The maximum absolute atomic E-state index is 13.3. The summed E-state index contributed by atoms with van der Waals surface area (Å²) in [6, 6.07) is 4.44. The van der Waals surface area contributed by atoms with Crippen molar-refractivity contribution in [3.05, 3.63) is 57.9 Å². The number of hydrogen-bond donors (Lipinski definition) is 2. The minimum Gasteiger partial charge on any atom is -0.460 e. The van der Waals surface area contributed by atoms with Crippen molar-refractivity contribution < 1.29 is 37.3 Å². The van der Waals surface area contributed by atoms with E-state index in [1.54, 1.807) is 27.7 Å². The van der Waals surface area contributed by atoms with E-state index in [-0.39, 0.29) is 23.3 Å². The molecule has 164 valence electrons. The van der Waals surface area contributed by atoms with Gasteiger partial charge in [0, 0.05) is 11.4 Å². The average Bonchev–Trinajstić information content (AvgIpc) is 2.64. The number of alkyl halides is 3. The highest BCUT2D eigenvalue weighted by Gasteiger charge is 2.39. The van der Waals surface area contributed by atoms with Gasteiger partial charge in [-0.15, -0.1) is 0 Å². The molecule has 1 atom stereocenters. The molecule has 0 spiro atoms. The second-order valence-corrected chi connectivity index (χ2v) is 7.07. The van der Waals surface area contributed by atoms with E-state index in [0.717, 1.165) is 12.1 Å². The van der Waals surface area contributed by atoms with Crippen molar-refractivity contribution in [3.63, 3.8) is 0 Å². The Balaban J connectivity index is 2.67. The number of rotatable bonds is 6. The highest BCUT2D eigenvalue weighted by Crippen LogP contribution is 2.41. The Bertz CT molecular complexity index is 887. The second kappa shape index (κ2) is 9.34. The molecule has 2 rings (SSSR count). The lowest BCUT2D eigenvalue weighted by atomic mass is 9.80. The van der Waals surface area contributed by atoms with Crippen LogP contribution in [0.4, 0.5) is 13.2 Å². The third-order valence-electron chi connectivity index (χ3n) is 4.41. The van der Waals surface area contributed by atoms with Gasteiger partial charge in [0.05, 0.1) is 35.3 Å². The van der Waals surface area contributed by atoms with Crippen LogP contribution >= 0.6 is 0 Å². The first-order chi connectivity index (χ1) is 14.0. The fourth-order valence-corrected chi connectivity index (χ4v) is 3.26. The van der Waals surface area contributed by atoms with Crippen LogP contribution < -0.4 is 5.32 Å². The number of dihydropyridines is 1. The Labute approximate surface area is 172 Å². The van der Waals surface area contributed by atoms with Gasteiger partial charge >= 0.3 is 18.1 Å². The lowest BCUT2D eigenvalue weighted by Gasteiger charge is -2.31. The molecule has 0 bridgehead atoms. The van der Waals surface area contributed by atoms with Crippen molar-refractivity contribution in [2.24, 2.45) is 0 Å². The van der Waals surface area contributed by atoms with Gasteiger partial charge in [0.2, 0.25) is 0 Å². The summed E-state index contributed by atoms with van der Waals surface area (Å²) in [6.07, 6.45) is -5.08. The van der Waals surface area contributed by atoms with E-state index < -0.39 is 42.3 Å². The van der Waals surface area contributed by atoms with Crippen molar-refractivity contribution in [1.29, 1.82) is 0 Å². The molecule has 1 aliphatic heterocycles. The molecule has 1 unspecified atom stereocenters. The van der Waals surface area contributed by atoms with E-state index in [1.165, 1.54) is 12.1 Å². The van der Waals surface area contributed by atoms with E-state index in [9.17, 15) is 22.8 Å². The molecule has 1 aliphatic rings. The van der Waals surface area contributed by atoms with Crippen LogP contribution in [0, 0.1) is 0 Å². The van der Waals surface area contributed by atoms with Gasteiger partial charge in [0.1, 0.15) is 6.61 Å². The molecule has 1 heterocycles. The van der Waals surface area contributed by atoms with Gasteiger partial charge < -0.3 is 19.9 Å². The Morgan fingerprint density at radius 3 is 2.27 bits per heavy atom. The molecule has 0 saturated carbocycles. The zero-order valence-corrected chi connectivity index (χ0v) is 17.1. The van der Waals surface area contributed by atoms with Crippen LogP contribution in [-0.2, 0) is 25.2 Å². The molecule has 1 aromatic rings. The second-order valence-electron chi connectivity index (χ2n) is 7.07. The van der Waals surface area contributed by atoms with E-state index in [2.05, 4.69) is 5.32 Å². The maximum Gasteiger partial charge on any atom is 0.416 e. The molecule has 0 fully saturated rings. The summed E-state index contributed by atoms with van der Waals surface area (Å²) in [4.78, 5) is 25.5. The number of esters is 2. The zero-order chi connectivity index (χ0) is 22.6. The monoisotopic (exact) mass is 427 g/mol. The molecule has 1 aromatic carbocycles. The summed E-state index contributed by atoms with van der Waals surface area (Å²) in [5.41, 5.74) is -0.128. The van der Waals surface area contributed by atoms with Crippen molar-refractivity contribution in [1.82, 2.24) is 5.32 Å². The van der Waals surface area contributed by atoms with Gasteiger partial charge in [-0.25, -0.2) is 9.59 Å². The summed E-state index contributed by atoms with van der Waals surface area (Å²) in [6.45, 7) is 5.71.